The number of rotatable bonds is 7. The second-order valence-electron chi connectivity index (χ2n) is 10.0. The molecule has 2 aromatic carbocycles. The Balaban J connectivity index is 1.59. The van der Waals surface area contributed by atoms with E-state index in [2.05, 4.69) is 59.1 Å². The van der Waals surface area contributed by atoms with Crippen molar-refractivity contribution in [1.29, 1.82) is 0 Å². The van der Waals surface area contributed by atoms with E-state index in [1.165, 1.54) is 6.20 Å². The third-order valence-electron chi connectivity index (χ3n) is 6.60. The first-order chi connectivity index (χ1) is 18.6. The average Bonchev–Trinajstić information content (AvgIpc) is 3.32. The Morgan fingerprint density at radius 3 is 2.64 bits per heavy atom. The summed E-state index contributed by atoms with van der Waals surface area (Å²) in [7, 11) is 1.58. The Labute approximate surface area is 240 Å². The largest absolute Gasteiger partial charge is 0.496 e. The zero-order valence-electron chi connectivity index (χ0n) is 22.1. The van der Waals surface area contributed by atoms with Gasteiger partial charge in [-0.15, -0.1) is 11.3 Å². The molecule has 1 unspecified atom stereocenters. The standard InChI is InChI=1S/C31H29BrN2O4S/c1-18-16-31(2,3)34-24-11-10-23(29(28(18)24)25(35)15-21-8-12-27(32)39-21)22-9-7-20(14-26(22)37-4)38-30(36)19-6-5-13-33-17-19/h5-14,16-17,25,34-35H,15H2,1-4H3. The van der Waals surface area contributed by atoms with E-state index in [1.807, 2.05) is 24.3 Å². The molecule has 39 heavy (non-hydrogen) atoms. The number of benzene rings is 2. The Hall–Kier alpha value is -3.46. The molecule has 0 saturated heterocycles. The number of nitrogens with zero attached hydrogens (tertiary/aromatic N) is 1. The number of esters is 1. The lowest BCUT2D eigenvalue weighted by atomic mass is 9.82. The van der Waals surface area contributed by atoms with Crippen LogP contribution in [0.1, 0.15) is 53.2 Å². The van der Waals surface area contributed by atoms with Gasteiger partial charge in [-0.3, -0.25) is 4.98 Å². The van der Waals surface area contributed by atoms with Crippen LogP contribution in [-0.2, 0) is 6.42 Å². The topological polar surface area (TPSA) is 80.7 Å². The van der Waals surface area contributed by atoms with Crippen molar-refractivity contribution in [2.24, 2.45) is 0 Å². The van der Waals surface area contributed by atoms with Crippen molar-refractivity contribution in [3.8, 4) is 22.6 Å². The van der Waals surface area contributed by atoms with E-state index in [1.54, 1.807) is 48.9 Å². The van der Waals surface area contributed by atoms with Crippen molar-refractivity contribution in [3.63, 3.8) is 0 Å². The van der Waals surface area contributed by atoms with Crippen LogP contribution in [0.2, 0.25) is 0 Å². The van der Waals surface area contributed by atoms with Crippen LogP contribution in [-0.4, -0.2) is 28.7 Å². The zero-order valence-corrected chi connectivity index (χ0v) is 24.5. The summed E-state index contributed by atoms with van der Waals surface area (Å²) in [5, 5.41) is 15.3. The van der Waals surface area contributed by atoms with Crippen molar-refractivity contribution in [2.45, 2.75) is 38.8 Å². The molecule has 0 amide bonds. The van der Waals surface area contributed by atoms with E-state index >= 15 is 0 Å². The molecule has 0 fully saturated rings. The lowest BCUT2D eigenvalue weighted by molar-refractivity contribution is 0.0734. The van der Waals surface area contributed by atoms with Crippen LogP contribution in [0, 0.1) is 0 Å². The number of hydrogen-bond donors (Lipinski definition) is 2. The minimum atomic E-state index is -0.764. The number of methoxy groups -OCH3 is 1. The minimum Gasteiger partial charge on any atom is -0.496 e. The van der Waals surface area contributed by atoms with Crippen LogP contribution < -0.4 is 14.8 Å². The third kappa shape index (κ3) is 5.78. The number of anilines is 1. The molecule has 0 saturated carbocycles. The van der Waals surface area contributed by atoms with Crippen LogP contribution in [0.25, 0.3) is 16.7 Å². The van der Waals surface area contributed by atoms with E-state index in [-0.39, 0.29) is 5.54 Å². The predicted molar refractivity (Wildman–Crippen MR) is 160 cm³/mol. The molecule has 1 aliphatic heterocycles. The SMILES string of the molecule is COc1cc(OC(=O)c2cccnc2)ccc1-c1ccc2c(c1C(O)Cc1ccc(Br)s1)C(C)=CC(C)(C)N2. The number of carbonyl (C=O) groups excluding carboxylic acids is 1. The lowest BCUT2D eigenvalue weighted by Crippen LogP contribution is -2.32. The normalized spacial score (nSPS) is 14.6. The zero-order chi connectivity index (χ0) is 27.7. The maximum absolute atomic E-state index is 12.6. The molecule has 1 atom stereocenters. The molecule has 2 N–H and O–H groups in total. The molecule has 2 aromatic heterocycles. The van der Waals surface area contributed by atoms with Gasteiger partial charge in [-0.25, -0.2) is 4.79 Å². The molecule has 8 heteroatoms. The number of carbonyl (C=O) groups is 1. The predicted octanol–water partition coefficient (Wildman–Crippen LogP) is 7.68. The highest BCUT2D eigenvalue weighted by atomic mass is 79.9. The fraction of sp³-hybridized carbons (Fsp3) is 0.226. The number of aromatic nitrogens is 1. The summed E-state index contributed by atoms with van der Waals surface area (Å²) in [4.78, 5) is 17.6. The molecule has 0 bridgehead atoms. The van der Waals surface area contributed by atoms with Crippen molar-refractivity contribution in [2.75, 3.05) is 12.4 Å². The number of aliphatic hydroxyl groups is 1. The maximum atomic E-state index is 12.6. The van der Waals surface area contributed by atoms with Gasteiger partial charge in [0.2, 0.25) is 0 Å². The van der Waals surface area contributed by atoms with Gasteiger partial charge in [0.25, 0.3) is 0 Å². The number of pyridine rings is 1. The summed E-state index contributed by atoms with van der Waals surface area (Å²) in [6.07, 6.45) is 4.96. The van der Waals surface area contributed by atoms with Gasteiger partial charge in [-0.2, -0.15) is 0 Å². The van der Waals surface area contributed by atoms with Crippen molar-refractivity contribution < 1.29 is 19.4 Å². The second-order valence-corrected chi connectivity index (χ2v) is 12.6. The fourth-order valence-corrected chi connectivity index (χ4v) is 6.61. The highest BCUT2D eigenvalue weighted by Gasteiger charge is 2.29. The molecule has 4 aromatic rings. The highest BCUT2D eigenvalue weighted by molar-refractivity contribution is 9.11. The summed E-state index contributed by atoms with van der Waals surface area (Å²) in [5.41, 5.74) is 5.68. The Morgan fingerprint density at radius 1 is 1.15 bits per heavy atom. The first-order valence-electron chi connectivity index (χ1n) is 12.5. The fourth-order valence-electron chi connectivity index (χ4n) is 5.09. The molecule has 3 heterocycles. The molecule has 6 nitrogen and oxygen atoms in total. The number of fused-ring (bicyclic) bond motifs is 1. The first kappa shape index (κ1) is 27.1. The van der Waals surface area contributed by atoms with Crippen LogP contribution >= 0.6 is 27.3 Å². The van der Waals surface area contributed by atoms with Gasteiger partial charge in [-0.05, 0) is 95.9 Å². The summed E-state index contributed by atoms with van der Waals surface area (Å²) in [5.74, 6) is 0.385. The summed E-state index contributed by atoms with van der Waals surface area (Å²) in [6, 6.07) is 16.7. The smallest absolute Gasteiger partial charge is 0.345 e. The van der Waals surface area contributed by atoms with Crippen LogP contribution in [0.15, 0.2) is 76.9 Å². The number of allylic oxidation sites excluding steroid dienone is 1. The number of halogens is 1. The minimum absolute atomic E-state index is 0.211. The van der Waals surface area contributed by atoms with Gasteiger partial charge < -0.3 is 19.9 Å². The molecule has 5 rings (SSSR count). The van der Waals surface area contributed by atoms with Crippen LogP contribution in [0.5, 0.6) is 11.5 Å². The number of ether oxygens (including phenoxy) is 2. The second kappa shape index (κ2) is 11.0. The monoisotopic (exact) mass is 604 g/mol. The van der Waals surface area contributed by atoms with Gasteiger partial charge in [0.05, 0.1) is 28.1 Å². The van der Waals surface area contributed by atoms with E-state index in [0.717, 1.165) is 42.2 Å². The van der Waals surface area contributed by atoms with Gasteiger partial charge in [0.1, 0.15) is 11.5 Å². The first-order valence-corrected chi connectivity index (χ1v) is 14.1. The number of thiophene rings is 1. The molecule has 200 valence electrons. The Kier molecular flexibility index (Phi) is 7.62. The molecule has 1 aliphatic rings. The Bertz CT molecular complexity index is 1560. The summed E-state index contributed by atoms with van der Waals surface area (Å²) < 4.78 is 12.4. The van der Waals surface area contributed by atoms with E-state index < -0.39 is 12.1 Å². The molecule has 0 radical (unpaired) electrons. The van der Waals surface area contributed by atoms with Crippen LogP contribution in [0.4, 0.5) is 5.69 Å². The van der Waals surface area contributed by atoms with Crippen molar-refractivity contribution in [1.82, 2.24) is 4.98 Å². The summed E-state index contributed by atoms with van der Waals surface area (Å²) in [6.45, 7) is 6.34. The molecular weight excluding hydrogens is 576 g/mol. The maximum Gasteiger partial charge on any atom is 0.345 e. The number of hydrogen-bond acceptors (Lipinski definition) is 7. The number of aliphatic hydroxyl groups excluding tert-OH is 1. The van der Waals surface area contributed by atoms with Gasteiger partial charge in [0, 0.05) is 46.6 Å². The van der Waals surface area contributed by atoms with Gasteiger partial charge in [-0.1, -0.05) is 12.1 Å². The molecule has 0 aliphatic carbocycles. The van der Waals surface area contributed by atoms with Crippen LogP contribution in [0.3, 0.4) is 0 Å². The van der Waals surface area contributed by atoms with Crippen molar-refractivity contribution >= 4 is 44.5 Å². The van der Waals surface area contributed by atoms with E-state index in [4.69, 9.17) is 9.47 Å². The lowest BCUT2D eigenvalue weighted by Gasteiger charge is -2.34. The quantitative estimate of drug-likeness (QED) is 0.166. The summed E-state index contributed by atoms with van der Waals surface area (Å²) >= 11 is 5.14. The molecule has 0 spiro atoms. The molecular formula is C31H29BrN2O4S. The van der Waals surface area contributed by atoms with Gasteiger partial charge >= 0.3 is 5.97 Å². The van der Waals surface area contributed by atoms with Gasteiger partial charge in [0.15, 0.2) is 0 Å². The Morgan fingerprint density at radius 2 is 1.95 bits per heavy atom. The number of nitrogens with one attached hydrogen (secondary N) is 1. The van der Waals surface area contributed by atoms with E-state index in [0.29, 0.717) is 23.5 Å². The van der Waals surface area contributed by atoms with E-state index in [9.17, 15) is 9.90 Å². The highest BCUT2D eigenvalue weighted by Crippen LogP contribution is 2.46. The average molecular weight is 606 g/mol. The third-order valence-corrected chi connectivity index (χ3v) is 8.25. The van der Waals surface area contributed by atoms with Crippen molar-refractivity contribution in [3.05, 3.63) is 98.4 Å².